The van der Waals surface area contributed by atoms with Gasteiger partial charge in [0.2, 0.25) is 5.91 Å². The number of hydrogen-bond donors (Lipinski definition) is 3. The Morgan fingerprint density at radius 3 is 2.26 bits per heavy atom. The second-order valence-corrected chi connectivity index (χ2v) is 6.78. The molecular weight excluding hydrogens is 314 g/mol. The van der Waals surface area contributed by atoms with Crippen molar-refractivity contribution in [2.45, 2.75) is 37.1 Å². The Morgan fingerprint density at radius 1 is 1.00 bits per heavy atom. The lowest BCUT2D eigenvalue weighted by Crippen LogP contribution is -2.69. The molecular formula is C17H22ClN3O2. The van der Waals surface area contributed by atoms with E-state index in [0.29, 0.717) is 18.8 Å². The minimum atomic E-state index is -0.575. The van der Waals surface area contributed by atoms with Crippen molar-refractivity contribution in [3.63, 3.8) is 0 Å². The van der Waals surface area contributed by atoms with E-state index in [4.69, 9.17) is 0 Å². The smallest absolute Gasteiger partial charge is 0.252 e. The van der Waals surface area contributed by atoms with Crippen molar-refractivity contribution >= 4 is 29.9 Å². The molecule has 3 saturated heterocycles. The second kappa shape index (κ2) is 6.13. The molecule has 1 aromatic carbocycles. The summed E-state index contributed by atoms with van der Waals surface area (Å²) >= 11 is 0. The highest BCUT2D eigenvalue weighted by Crippen LogP contribution is 2.44. The Balaban J connectivity index is 0.00000156. The van der Waals surface area contributed by atoms with Gasteiger partial charge in [-0.1, -0.05) is 12.1 Å². The van der Waals surface area contributed by atoms with Gasteiger partial charge >= 0.3 is 0 Å². The third-order valence-electron chi connectivity index (χ3n) is 5.34. The average molecular weight is 336 g/mol. The number of amides is 2. The van der Waals surface area contributed by atoms with Gasteiger partial charge in [-0.2, -0.15) is 0 Å². The summed E-state index contributed by atoms with van der Waals surface area (Å²) in [5.74, 6) is 0.341. The van der Waals surface area contributed by atoms with E-state index in [-0.39, 0.29) is 30.1 Å². The quantitative estimate of drug-likeness (QED) is 0.737. The van der Waals surface area contributed by atoms with Crippen LogP contribution in [0.5, 0.6) is 0 Å². The number of rotatable bonds is 3. The Labute approximate surface area is 142 Å². The molecule has 3 N–H and O–H groups in total. The molecule has 23 heavy (non-hydrogen) atoms. The van der Waals surface area contributed by atoms with Crippen LogP contribution in [0.15, 0.2) is 24.3 Å². The first kappa shape index (κ1) is 16.3. The minimum Gasteiger partial charge on any atom is -0.371 e. The van der Waals surface area contributed by atoms with Crippen LogP contribution < -0.4 is 16.0 Å². The van der Waals surface area contributed by atoms with Gasteiger partial charge in [-0.15, -0.1) is 12.4 Å². The van der Waals surface area contributed by atoms with Gasteiger partial charge in [0.15, 0.2) is 0 Å². The molecule has 6 heteroatoms. The number of halogens is 1. The fraction of sp³-hybridized carbons (Fsp3) is 0.529. The molecule has 1 aliphatic carbocycles. The highest BCUT2D eigenvalue weighted by Gasteiger charge is 2.57. The van der Waals surface area contributed by atoms with Crippen LogP contribution in [0, 0.1) is 5.92 Å². The van der Waals surface area contributed by atoms with Crippen molar-refractivity contribution in [2.75, 3.05) is 18.4 Å². The SMILES string of the molecule is Cl.O=C1NC(=O)C2(Nc3ccc(C4CCNCC4)cc3)CC1C2. The molecule has 1 saturated carbocycles. The zero-order chi connectivity index (χ0) is 15.2. The van der Waals surface area contributed by atoms with Crippen LogP contribution in [0.4, 0.5) is 5.69 Å². The Morgan fingerprint density at radius 2 is 1.65 bits per heavy atom. The molecule has 3 heterocycles. The maximum absolute atomic E-state index is 12.1. The lowest BCUT2D eigenvalue weighted by molar-refractivity contribution is -0.148. The van der Waals surface area contributed by atoms with Gasteiger partial charge in [-0.25, -0.2) is 0 Å². The molecule has 124 valence electrons. The fourth-order valence-electron chi connectivity index (χ4n) is 3.91. The second-order valence-electron chi connectivity index (χ2n) is 6.78. The van der Waals surface area contributed by atoms with Gasteiger partial charge in [-0.05, 0) is 62.4 Å². The van der Waals surface area contributed by atoms with Crippen LogP contribution in [0.1, 0.15) is 37.2 Å². The van der Waals surface area contributed by atoms with Crippen molar-refractivity contribution < 1.29 is 9.59 Å². The highest BCUT2D eigenvalue weighted by molar-refractivity contribution is 6.08. The molecule has 0 unspecified atom stereocenters. The number of piperidine rings is 3. The minimum absolute atomic E-state index is 0. The zero-order valence-corrected chi connectivity index (χ0v) is 13.7. The van der Waals surface area contributed by atoms with Crippen LogP contribution >= 0.6 is 12.4 Å². The van der Waals surface area contributed by atoms with Crippen molar-refractivity contribution in [1.82, 2.24) is 10.6 Å². The number of imide groups is 1. The van der Waals surface area contributed by atoms with E-state index in [9.17, 15) is 9.59 Å². The van der Waals surface area contributed by atoms with E-state index in [1.165, 1.54) is 18.4 Å². The molecule has 4 aliphatic rings. The van der Waals surface area contributed by atoms with E-state index in [1.54, 1.807) is 0 Å². The molecule has 2 amide bonds. The first-order chi connectivity index (χ1) is 10.7. The van der Waals surface area contributed by atoms with E-state index in [1.807, 2.05) is 0 Å². The van der Waals surface area contributed by atoms with Crippen molar-refractivity contribution in [3.8, 4) is 0 Å². The fourth-order valence-corrected chi connectivity index (χ4v) is 3.91. The molecule has 2 bridgehead atoms. The molecule has 4 fully saturated rings. The van der Waals surface area contributed by atoms with Gasteiger partial charge in [0.05, 0.1) is 0 Å². The maximum Gasteiger partial charge on any atom is 0.252 e. The summed E-state index contributed by atoms with van der Waals surface area (Å²) in [7, 11) is 0. The third kappa shape index (κ3) is 2.83. The van der Waals surface area contributed by atoms with Crippen LogP contribution in [-0.4, -0.2) is 30.4 Å². The third-order valence-corrected chi connectivity index (χ3v) is 5.34. The number of carbonyl (C=O) groups excluding carboxylic acids is 2. The number of anilines is 1. The molecule has 0 atom stereocenters. The molecule has 1 aromatic rings. The molecule has 3 aliphatic heterocycles. The van der Waals surface area contributed by atoms with Crippen LogP contribution in [-0.2, 0) is 9.59 Å². The van der Waals surface area contributed by atoms with Gasteiger partial charge in [0.1, 0.15) is 5.54 Å². The normalized spacial score (nSPS) is 30.0. The van der Waals surface area contributed by atoms with Crippen molar-refractivity contribution in [1.29, 1.82) is 0 Å². The Kier molecular flexibility index (Phi) is 4.34. The first-order valence-electron chi connectivity index (χ1n) is 8.10. The van der Waals surface area contributed by atoms with Gasteiger partial charge < -0.3 is 10.6 Å². The van der Waals surface area contributed by atoms with Crippen LogP contribution in [0.2, 0.25) is 0 Å². The predicted molar refractivity (Wildman–Crippen MR) is 90.8 cm³/mol. The van der Waals surface area contributed by atoms with Crippen LogP contribution in [0.25, 0.3) is 0 Å². The van der Waals surface area contributed by atoms with Crippen molar-refractivity contribution in [3.05, 3.63) is 29.8 Å². The number of benzene rings is 1. The number of nitrogens with one attached hydrogen (secondary N) is 3. The summed E-state index contributed by atoms with van der Waals surface area (Å²) in [4.78, 5) is 23.6. The first-order valence-corrected chi connectivity index (χ1v) is 8.10. The molecule has 5 rings (SSSR count). The van der Waals surface area contributed by atoms with E-state index in [2.05, 4.69) is 40.2 Å². The topological polar surface area (TPSA) is 70.2 Å². The van der Waals surface area contributed by atoms with E-state index < -0.39 is 5.54 Å². The summed E-state index contributed by atoms with van der Waals surface area (Å²) in [6.07, 6.45) is 3.60. The zero-order valence-electron chi connectivity index (χ0n) is 12.9. The molecule has 0 spiro atoms. The van der Waals surface area contributed by atoms with Crippen LogP contribution in [0.3, 0.4) is 0 Å². The van der Waals surface area contributed by atoms with Gasteiger partial charge in [0, 0.05) is 11.6 Å². The number of carbonyl (C=O) groups is 2. The molecule has 5 nitrogen and oxygen atoms in total. The standard InChI is InChI=1S/C17H21N3O2.ClH/c21-15-13-9-17(10-13,16(22)19-15)20-14-3-1-11(2-4-14)12-5-7-18-8-6-12;/h1-4,12-13,18,20H,5-10H2,(H,19,21,22);1H. The Hall–Kier alpha value is -1.59. The summed E-state index contributed by atoms with van der Waals surface area (Å²) in [5.41, 5.74) is 1.76. The summed E-state index contributed by atoms with van der Waals surface area (Å²) in [6.45, 7) is 2.17. The molecule has 0 radical (unpaired) electrons. The van der Waals surface area contributed by atoms with E-state index in [0.717, 1.165) is 18.8 Å². The van der Waals surface area contributed by atoms with Gasteiger partial charge in [0.25, 0.3) is 5.91 Å². The van der Waals surface area contributed by atoms with E-state index >= 15 is 0 Å². The summed E-state index contributed by atoms with van der Waals surface area (Å²) in [5, 5.41) is 9.19. The Bertz CT molecular complexity index is 605. The average Bonchev–Trinajstić information content (AvgIpc) is 2.50. The van der Waals surface area contributed by atoms with Crippen molar-refractivity contribution in [2.24, 2.45) is 5.92 Å². The lowest BCUT2D eigenvalue weighted by Gasteiger charge is -2.50. The summed E-state index contributed by atoms with van der Waals surface area (Å²) in [6, 6.07) is 8.44. The lowest BCUT2D eigenvalue weighted by atomic mass is 9.64. The highest BCUT2D eigenvalue weighted by atomic mass is 35.5. The largest absolute Gasteiger partial charge is 0.371 e. The summed E-state index contributed by atoms with van der Waals surface area (Å²) < 4.78 is 0. The molecule has 0 aromatic heterocycles. The number of hydrogen-bond acceptors (Lipinski definition) is 4. The van der Waals surface area contributed by atoms with Gasteiger partial charge in [-0.3, -0.25) is 14.9 Å². The monoisotopic (exact) mass is 335 g/mol. The predicted octanol–water partition coefficient (Wildman–Crippen LogP) is 1.79. The number of fused-ring (bicyclic) bond motifs is 2. The maximum atomic E-state index is 12.1.